The topological polar surface area (TPSA) is 50.9 Å². The highest BCUT2D eigenvalue weighted by Gasteiger charge is 2.30. The molecule has 0 saturated carbocycles. The Morgan fingerprint density at radius 3 is 1.86 bits per heavy atom. The summed E-state index contributed by atoms with van der Waals surface area (Å²) in [6.07, 6.45) is 1.68. The summed E-state index contributed by atoms with van der Waals surface area (Å²) in [4.78, 5) is 10.5. The van der Waals surface area contributed by atoms with E-state index in [1.165, 1.54) is 12.1 Å². The van der Waals surface area contributed by atoms with Crippen molar-refractivity contribution in [2.75, 3.05) is 0 Å². The maximum atomic E-state index is 12.6. The van der Waals surface area contributed by atoms with Crippen LogP contribution in [0.15, 0.2) is 140 Å². The van der Waals surface area contributed by atoms with E-state index in [0.29, 0.717) is 33.7 Å². The minimum absolute atomic E-state index is 0.155. The van der Waals surface area contributed by atoms with Gasteiger partial charge in [-0.3, -0.25) is 9.55 Å². The second-order valence-electron chi connectivity index (χ2n) is 20.8. The van der Waals surface area contributed by atoms with E-state index in [1.54, 1.807) is 24.4 Å². The molecule has 0 aliphatic heterocycles. The van der Waals surface area contributed by atoms with Crippen molar-refractivity contribution < 1.29 is 18.8 Å². The van der Waals surface area contributed by atoms with Gasteiger partial charge in [0.1, 0.15) is 11.6 Å². The second-order valence-corrected chi connectivity index (χ2v) is 20.8. The van der Waals surface area contributed by atoms with E-state index in [0.717, 1.165) is 61.3 Å². The normalized spacial score (nSPS) is 15.7. The highest BCUT2D eigenvalue weighted by atomic mass is 16.3. The first-order valence-electron chi connectivity index (χ1n) is 27.4. The van der Waals surface area contributed by atoms with E-state index in [-0.39, 0.29) is 22.1 Å². The number of phenols is 1. The summed E-state index contributed by atoms with van der Waals surface area (Å²) >= 11 is 0. The highest BCUT2D eigenvalue weighted by molar-refractivity contribution is 5.98. The maximum Gasteiger partial charge on any atom is 0.149 e. The summed E-state index contributed by atoms with van der Waals surface area (Å²) in [5, 5.41) is 12.6. The minimum Gasteiger partial charge on any atom is -0.507 e. The summed E-state index contributed by atoms with van der Waals surface area (Å²) in [6.45, 7) is 12.9. The summed E-state index contributed by atoms with van der Waals surface area (Å²) in [7, 11) is 0. The molecule has 8 rings (SSSR count). The monoisotopic (exact) mass is 868 g/mol. The molecule has 0 bridgehead atoms. The van der Waals surface area contributed by atoms with Crippen molar-refractivity contribution in [2.45, 2.75) is 124 Å². The molecule has 0 unspecified atom stereocenters. The zero-order valence-electron chi connectivity index (χ0n) is 49.6. The molecule has 0 spiro atoms. The molecule has 6 aromatic carbocycles. The van der Waals surface area contributed by atoms with Crippen molar-refractivity contribution in [3.8, 4) is 67.5 Å². The largest absolute Gasteiger partial charge is 0.507 e. The van der Waals surface area contributed by atoms with Crippen LogP contribution in [0.2, 0.25) is 0 Å². The van der Waals surface area contributed by atoms with Crippen molar-refractivity contribution >= 4 is 11.0 Å². The van der Waals surface area contributed by atoms with Gasteiger partial charge < -0.3 is 5.11 Å². The Kier molecular flexibility index (Phi) is 8.73. The van der Waals surface area contributed by atoms with Crippen molar-refractivity contribution in [1.29, 1.82) is 0 Å². The smallest absolute Gasteiger partial charge is 0.149 e. The van der Waals surface area contributed by atoms with Crippen LogP contribution >= 0.6 is 0 Å². The van der Waals surface area contributed by atoms with Crippen LogP contribution in [0.1, 0.15) is 144 Å². The molecule has 0 fully saturated rings. The lowest BCUT2D eigenvalue weighted by Crippen LogP contribution is -2.17. The number of aromatic nitrogens is 3. The number of hydrogen-bond acceptors (Lipinski definition) is 3. The molecule has 0 amide bonds. The molecule has 1 N–H and O–H groups in total. The van der Waals surface area contributed by atoms with Gasteiger partial charge in [-0.1, -0.05) is 182 Å². The van der Waals surface area contributed by atoms with Gasteiger partial charge in [0.2, 0.25) is 0 Å². The summed E-state index contributed by atoms with van der Waals surface area (Å²) in [5.41, 5.74) is 8.59. The Bertz CT molecular complexity index is 3390. The van der Waals surface area contributed by atoms with Gasteiger partial charge in [-0.15, -0.1) is 0 Å². The maximum absolute atomic E-state index is 12.6. The van der Waals surface area contributed by atoms with Crippen molar-refractivity contribution in [3.63, 3.8) is 0 Å². The molecule has 0 aliphatic carbocycles. The molecule has 0 radical (unpaired) electrons. The van der Waals surface area contributed by atoms with Gasteiger partial charge in [-0.2, -0.15) is 0 Å². The van der Waals surface area contributed by atoms with Crippen molar-refractivity contribution in [3.05, 3.63) is 167 Å². The van der Waals surface area contributed by atoms with E-state index in [4.69, 9.17) is 23.7 Å². The fourth-order valence-corrected chi connectivity index (χ4v) is 8.50. The van der Waals surface area contributed by atoms with Gasteiger partial charge in [0.05, 0.1) is 28.0 Å². The van der Waals surface area contributed by atoms with Crippen LogP contribution in [0.3, 0.4) is 0 Å². The summed E-state index contributed by atoms with van der Waals surface area (Å²) < 4.78 is 85.2. The number of phenolic OH excluding ortho intramolecular Hbond substituents is 1. The number of para-hydroxylation sites is 1. The number of nitrogens with zero attached hydrogens (tertiary/aromatic N) is 3. The zero-order chi connectivity index (χ0) is 55.2. The van der Waals surface area contributed by atoms with Crippen LogP contribution in [0.4, 0.5) is 0 Å². The number of benzene rings is 6. The first-order chi connectivity index (χ1) is 34.5. The Balaban J connectivity index is 1.38. The minimum atomic E-state index is -3.37. The molecule has 65 heavy (non-hydrogen) atoms. The molecule has 332 valence electrons. The van der Waals surface area contributed by atoms with E-state index in [2.05, 4.69) is 134 Å². The van der Waals surface area contributed by atoms with Gasteiger partial charge in [0.25, 0.3) is 0 Å². The van der Waals surface area contributed by atoms with Crippen LogP contribution in [0, 0.1) is 0 Å². The van der Waals surface area contributed by atoms with E-state index in [9.17, 15) is 5.11 Å². The van der Waals surface area contributed by atoms with Crippen LogP contribution < -0.4 is 0 Å². The number of aromatic hydroxyl groups is 1. The van der Waals surface area contributed by atoms with Gasteiger partial charge >= 0.3 is 0 Å². The fraction of sp³-hybridized carbons (Fsp3) is 0.311. The van der Waals surface area contributed by atoms with E-state index < -0.39 is 37.3 Å². The SMILES string of the molecule is [2H]C(C)(C)c1ccc(-n2c(-c3cc(C(C)(C)C)cc(C(C)(C)C)c3O)nc3c(-c4cc(-c5cc(-c6ccc(C(C([2H])([2H])[2H])(C([2H])([2H])[2H])C([2H])([2H])[2H])cc6)ccn5)cc(C(C)(C)C)c4)cccc32)c(-c2ccccc2)c1. The van der Waals surface area contributed by atoms with E-state index >= 15 is 0 Å². The van der Waals surface area contributed by atoms with Crippen LogP contribution in [-0.4, -0.2) is 19.6 Å². The lowest BCUT2D eigenvalue weighted by molar-refractivity contribution is 0.446. The van der Waals surface area contributed by atoms with Gasteiger partial charge in [-0.25, -0.2) is 4.98 Å². The molecule has 0 atom stereocenters. The van der Waals surface area contributed by atoms with Gasteiger partial charge in [-0.05, 0) is 121 Å². The number of hydrogen-bond donors (Lipinski definition) is 1. The third-order valence-electron chi connectivity index (χ3n) is 12.4. The number of imidazole rings is 1. The first-order valence-corrected chi connectivity index (χ1v) is 22.4. The first kappa shape index (κ1) is 34.1. The Morgan fingerprint density at radius 1 is 0.538 bits per heavy atom. The lowest BCUT2D eigenvalue weighted by atomic mass is 9.79. The predicted molar refractivity (Wildman–Crippen MR) is 277 cm³/mol. The predicted octanol–water partition coefficient (Wildman–Crippen LogP) is 16.8. The molecule has 2 aromatic heterocycles. The van der Waals surface area contributed by atoms with Gasteiger partial charge in [0.15, 0.2) is 0 Å². The highest BCUT2D eigenvalue weighted by Crippen LogP contribution is 2.46. The number of fused-ring (bicyclic) bond motifs is 1. The van der Waals surface area contributed by atoms with Crippen LogP contribution in [0.25, 0.3) is 72.7 Å². The zero-order valence-corrected chi connectivity index (χ0v) is 39.6. The second kappa shape index (κ2) is 16.6. The third kappa shape index (κ3) is 9.06. The molecule has 0 saturated heterocycles. The van der Waals surface area contributed by atoms with Gasteiger partial charge in [0, 0.05) is 42.2 Å². The average molecular weight is 868 g/mol. The molecule has 8 aromatic rings. The molecule has 4 heteroatoms. The van der Waals surface area contributed by atoms with Crippen molar-refractivity contribution in [2.24, 2.45) is 0 Å². The number of rotatable bonds is 7. The molecular weight excluding hydrogens is 791 g/mol. The fourth-order valence-electron chi connectivity index (χ4n) is 8.50. The number of pyridine rings is 1. The molecule has 2 heterocycles. The summed E-state index contributed by atoms with van der Waals surface area (Å²) in [6, 6.07) is 42.4. The quantitative estimate of drug-likeness (QED) is 0.174. The average Bonchev–Trinajstić information content (AvgIpc) is 3.68. The Hall–Kier alpha value is -6.26. The molecule has 4 nitrogen and oxygen atoms in total. The van der Waals surface area contributed by atoms with E-state index in [1.807, 2.05) is 50.2 Å². The Labute approximate surface area is 402 Å². The molecular formula is C61H67N3O. The molecule has 0 aliphatic rings. The lowest BCUT2D eigenvalue weighted by Gasteiger charge is -2.27. The summed E-state index contributed by atoms with van der Waals surface area (Å²) in [5.74, 6) is -0.174. The van der Waals surface area contributed by atoms with Crippen LogP contribution in [0.5, 0.6) is 5.75 Å². The van der Waals surface area contributed by atoms with Crippen molar-refractivity contribution in [1.82, 2.24) is 14.5 Å². The third-order valence-corrected chi connectivity index (χ3v) is 12.4. The Morgan fingerprint density at radius 2 is 1.22 bits per heavy atom. The van der Waals surface area contributed by atoms with Crippen LogP contribution in [-0.2, 0) is 21.7 Å². The standard InChI is InChI=1S/C61H67N3O/c1-38(2)41-25-28-53(49(34-41)40-19-16-15-17-20-40)64-54-22-18-21-48(55(54)63-57(64)50-36-47(60(9,10)11)37-51(56(50)65)61(12,13)14)43-31-44(33-46(32-43)59(6,7)8)52-35-42(29-30-62-52)39-23-26-45(27-24-39)58(3,4)5/h15-38,65H,1-14H3/i3D3,4D3,5D3,38D.